The van der Waals surface area contributed by atoms with Crippen molar-refractivity contribution in [3.05, 3.63) is 0 Å². The zero-order chi connectivity index (χ0) is 14.0. The van der Waals surface area contributed by atoms with E-state index in [-0.39, 0.29) is 23.1 Å². The van der Waals surface area contributed by atoms with E-state index >= 15 is 0 Å². The Balaban J connectivity index is 3.56. The van der Waals surface area contributed by atoms with Crippen molar-refractivity contribution < 1.29 is 9.59 Å². The average molecular weight is 292 g/mol. The van der Waals surface area contributed by atoms with Crippen molar-refractivity contribution in [1.29, 1.82) is 0 Å². The maximum Gasteiger partial charge on any atom is 0.221 e. The van der Waals surface area contributed by atoms with E-state index in [4.69, 9.17) is 0 Å². The molecule has 18 heavy (non-hydrogen) atoms. The topological polar surface area (TPSA) is 58.2 Å². The third-order valence-electron chi connectivity index (χ3n) is 1.94. The second-order valence-electron chi connectivity index (χ2n) is 4.36. The predicted molar refractivity (Wildman–Crippen MR) is 80.7 cm³/mol. The Morgan fingerprint density at radius 1 is 1.17 bits per heavy atom. The Hall–Kier alpha value is -0.360. The molecule has 0 aliphatic rings. The van der Waals surface area contributed by atoms with Gasteiger partial charge in [-0.1, -0.05) is 28.5 Å². The van der Waals surface area contributed by atoms with Crippen molar-refractivity contribution in [2.24, 2.45) is 0 Å². The van der Waals surface area contributed by atoms with Crippen molar-refractivity contribution in [2.45, 2.75) is 51.8 Å². The van der Waals surface area contributed by atoms with Crippen LogP contribution in [-0.2, 0) is 9.59 Å². The summed E-state index contributed by atoms with van der Waals surface area (Å²) in [6.45, 7) is 8.54. The number of nitrogens with one attached hydrogen (secondary N) is 2. The van der Waals surface area contributed by atoms with E-state index in [0.717, 1.165) is 5.75 Å². The van der Waals surface area contributed by atoms with Gasteiger partial charge in [-0.2, -0.15) is 0 Å². The number of carbonyl (C=O) groups is 2. The summed E-state index contributed by atoms with van der Waals surface area (Å²) in [6.07, 6.45) is 1.06. The Labute approximate surface area is 118 Å². The molecule has 0 fully saturated rings. The van der Waals surface area contributed by atoms with Crippen LogP contribution in [0.4, 0.5) is 0 Å². The molecule has 0 saturated heterocycles. The molecule has 0 heterocycles. The van der Waals surface area contributed by atoms with Crippen LogP contribution < -0.4 is 10.6 Å². The standard InChI is InChI=1S/C12H24N2O2S2/c1-5-13-11(15)6-7-17-18-10(4)8-12(16)14-9(2)3/h9-10H,5-8H2,1-4H3,(H,13,15)(H,14,16). The van der Waals surface area contributed by atoms with Gasteiger partial charge in [0.2, 0.25) is 11.8 Å². The molecule has 0 radical (unpaired) electrons. The second-order valence-corrected chi connectivity index (χ2v) is 7.28. The molecule has 0 aromatic rings. The van der Waals surface area contributed by atoms with Gasteiger partial charge in [0.05, 0.1) is 0 Å². The van der Waals surface area contributed by atoms with Gasteiger partial charge in [0.15, 0.2) is 0 Å². The van der Waals surface area contributed by atoms with Crippen molar-refractivity contribution in [3.8, 4) is 0 Å². The SMILES string of the molecule is CCNC(=O)CCSSC(C)CC(=O)NC(C)C. The molecule has 0 spiro atoms. The highest BCUT2D eigenvalue weighted by Crippen LogP contribution is 2.28. The fourth-order valence-electron chi connectivity index (χ4n) is 1.26. The fraction of sp³-hybridized carbons (Fsp3) is 0.833. The summed E-state index contributed by atoms with van der Waals surface area (Å²) in [7, 11) is 3.32. The van der Waals surface area contributed by atoms with Crippen molar-refractivity contribution >= 4 is 33.4 Å². The van der Waals surface area contributed by atoms with Crippen LogP contribution in [0.1, 0.15) is 40.5 Å². The minimum atomic E-state index is 0.0920. The van der Waals surface area contributed by atoms with Crippen LogP contribution in [0.25, 0.3) is 0 Å². The van der Waals surface area contributed by atoms with Gasteiger partial charge in [0.1, 0.15) is 0 Å². The third-order valence-corrected chi connectivity index (χ3v) is 4.84. The number of amides is 2. The summed E-state index contributed by atoms with van der Waals surface area (Å²) < 4.78 is 0. The Bertz CT molecular complexity index is 260. The molecular formula is C12H24N2O2S2. The maximum atomic E-state index is 11.5. The predicted octanol–water partition coefficient (Wildman–Crippen LogP) is 2.20. The van der Waals surface area contributed by atoms with Gasteiger partial charge in [0.25, 0.3) is 0 Å². The van der Waals surface area contributed by atoms with E-state index in [2.05, 4.69) is 10.6 Å². The van der Waals surface area contributed by atoms with Crippen LogP contribution in [-0.4, -0.2) is 35.4 Å². The molecule has 0 aliphatic carbocycles. The molecule has 1 atom stereocenters. The lowest BCUT2D eigenvalue weighted by Gasteiger charge is -2.12. The summed E-state index contributed by atoms with van der Waals surface area (Å²) >= 11 is 0. The average Bonchev–Trinajstić information content (AvgIpc) is 2.23. The summed E-state index contributed by atoms with van der Waals surface area (Å²) in [5.41, 5.74) is 0. The van der Waals surface area contributed by atoms with Crippen LogP contribution in [0.5, 0.6) is 0 Å². The van der Waals surface area contributed by atoms with Gasteiger partial charge in [-0.15, -0.1) is 0 Å². The zero-order valence-electron chi connectivity index (χ0n) is 11.6. The second kappa shape index (κ2) is 10.6. The van der Waals surface area contributed by atoms with Crippen LogP contribution in [0.3, 0.4) is 0 Å². The molecule has 6 heteroatoms. The van der Waals surface area contributed by atoms with Crippen molar-refractivity contribution in [3.63, 3.8) is 0 Å². The summed E-state index contributed by atoms with van der Waals surface area (Å²) in [5, 5.41) is 5.90. The van der Waals surface area contributed by atoms with Gasteiger partial charge >= 0.3 is 0 Å². The van der Waals surface area contributed by atoms with E-state index in [0.29, 0.717) is 19.4 Å². The minimum absolute atomic E-state index is 0.0920. The summed E-state index contributed by atoms with van der Waals surface area (Å²) in [4.78, 5) is 22.7. The van der Waals surface area contributed by atoms with E-state index in [1.54, 1.807) is 21.6 Å². The van der Waals surface area contributed by atoms with Gasteiger partial charge in [-0.05, 0) is 20.8 Å². The maximum absolute atomic E-state index is 11.5. The first-order chi connectivity index (χ1) is 8.45. The number of hydrogen-bond acceptors (Lipinski definition) is 4. The lowest BCUT2D eigenvalue weighted by atomic mass is 10.3. The first kappa shape index (κ1) is 17.6. The molecule has 0 bridgehead atoms. The highest BCUT2D eigenvalue weighted by Gasteiger charge is 2.11. The zero-order valence-corrected chi connectivity index (χ0v) is 13.2. The van der Waals surface area contributed by atoms with Crippen LogP contribution >= 0.6 is 21.6 Å². The quantitative estimate of drug-likeness (QED) is 0.505. The molecule has 2 N–H and O–H groups in total. The molecule has 2 amide bonds. The first-order valence-electron chi connectivity index (χ1n) is 6.30. The highest BCUT2D eigenvalue weighted by molar-refractivity contribution is 8.76. The van der Waals surface area contributed by atoms with Crippen LogP contribution in [0.2, 0.25) is 0 Å². The Kier molecular flexibility index (Phi) is 10.3. The van der Waals surface area contributed by atoms with Crippen molar-refractivity contribution in [2.75, 3.05) is 12.3 Å². The molecule has 106 valence electrons. The van der Waals surface area contributed by atoms with E-state index in [1.807, 2.05) is 27.7 Å². The molecule has 1 unspecified atom stereocenters. The summed E-state index contributed by atoms with van der Waals surface area (Å²) in [5.74, 6) is 0.970. The van der Waals surface area contributed by atoms with E-state index < -0.39 is 0 Å². The van der Waals surface area contributed by atoms with E-state index in [9.17, 15) is 9.59 Å². The molecule has 0 saturated carbocycles. The third kappa shape index (κ3) is 10.8. The normalized spacial score (nSPS) is 12.3. The van der Waals surface area contributed by atoms with E-state index in [1.165, 1.54) is 0 Å². The molecule has 4 nitrogen and oxygen atoms in total. The molecule has 0 aromatic carbocycles. The molecule has 0 rings (SSSR count). The Morgan fingerprint density at radius 3 is 2.39 bits per heavy atom. The van der Waals surface area contributed by atoms with Crippen LogP contribution in [0, 0.1) is 0 Å². The fourth-order valence-corrected chi connectivity index (χ4v) is 3.52. The van der Waals surface area contributed by atoms with Gasteiger partial charge in [-0.3, -0.25) is 9.59 Å². The largest absolute Gasteiger partial charge is 0.356 e. The van der Waals surface area contributed by atoms with Crippen LogP contribution in [0.15, 0.2) is 0 Å². The first-order valence-corrected chi connectivity index (χ1v) is 8.68. The van der Waals surface area contributed by atoms with Gasteiger partial charge < -0.3 is 10.6 Å². The van der Waals surface area contributed by atoms with Gasteiger partial charge in [0, 0.05) is 36.4 Å². The Morgan fingerprint density at radius 2 is 1.83 bits per heavy atom. The molecule has 0 aromatic heterocycles. The lowest BCUT2D eigenvalue weighted by Crippen LogP contribution is -2.31. The monoisotopic (exact) mass is 292 g/mol. The number of rotatable bonds is 9. The highest BCUT2D eigenvalue weighted by atomic mass is 33.1. The van der Waals surface area contributed by atoms with Gasteiger partial charge in [-0.25, -0.2) is 0 Å². The molecular weight excluding hydrogens is 268 g/mol. The number of hydrogen-bond donors (Lipinski definition) is 2. The lowest BCUT2D eigenvalue weighted by molar-refractivity contribution is -0.122. The number of carbonyl (C=O) groups excluding carboxylic acids is 2. The summed E-state index contributed by atoms with van der Waals surface area (Å²) in [6, 6.07) is 0.195. The smallest absolute Gasteiger partial charge is 0.221 e. The molecule has 0 aliphatic heterocycles. The van der Waals surface area contributed by atoms with Crippen molar-refractivity contribution in [1.82, 2.24) is 10.6 Å². The minimum Gasteiger partial charge on any atom is -0.356 e.